The van der Waals surface area contributed by atoms with Gasteiger partial charge >= 0.3 is 0 Å². The minimum absolute atomic E-state index is 0.00124. The fourth-order valence-electron chi connectivity index (χ4n) is 2.31. The number of halogens is 1. The molecular formula is C17H18ClN3O3. The van der Waals surface area contributed by atoms with Crippen molar-refractivity contribution in [2.75, 3.05) is 18.9 Å². The van der Waals surface area contributed by atoms with Crippen LogP contribution in [-0.2, 0) is 11.3 Å². The van der Waals surface area contributed by atoms with Crippen LogP contribution in [0.1, 0.15) is 11.1 Å². The smallest absolute Gasteiger partial charge is 0.269 e. The summed E-state index contributed by atoms with van der Waals surface area (Å²) < 4.78 is 0. The van der Waals surface area contributed by atoms with Gasteiger partial charge in [0, 0.05) is 29.4 Å². The number of non-ortho nitro benzene ring substituents is 1. The van der Waals surface area contributed by atoms with Crippen LogP contribution in [0.5, 0.6) is 0 Å². The highest BCUT2D eigenvalue weighted by Gasteiger charge is 2.12. The first kappa shape index (κ1) is 17.9. The third-order valence-corrected chi connectivity index (χ3v) is 3.88. The summed E-state index contributed by atoms with van der Waals surface area (Å²) in [6.07, 6.45) is 0. The Kier molecular flexibility index (Phi) is 5.89. The summed E-state index contributed by atoms with van der Waals surface area (Å²) in [5.74, 6) is -0.193. The number of nitrogens with one attached hydrogen (secondary N) is 1. The molecular weight excluding hydrogens is 330 g/mol. The van der Waals surface area contributed by atoms with Crippen molar-refractivity contribution in [3.05, 3.63) is 68.7 Å². The highest BCUT2D eigenvalue weighted by Crippen LogP contribution is 2.21. The first-order chi connectivity index (χ1) is 11.4. The molecule has 0 saturated carbocycles. The standard InChI is InChI=1S/C17H18ClN3O3/c1-12-9-14(21(23)24)7-8-16(12)19-17(22)11-20(2)10-13-5-3-4-6-15(13)18/h3-9H,10-11H2,1-2H3,(H,19,22). The topological polar surface area (TPSA) is 75.5 Å². The molecule has 0 spiro atoms. The molecule has 0 atom stereocenters. The molecule has 0 unspecified atom stereocenters. The fraction of sp³-hybridized carbons (Fsp3) is 0.235. The number of hydrogen-bond acceptors (Lipinski definition) is 4. The molecule has 0 aromatic heterocycles. The molecule has 126 valence electrons. The number of rotatable bonds is 6. The molecule has 1 amide bonds. The number of aryl methyl sites for hydroxylation is 1. The van der Waals surface area contributed by atoms with E-state index in [0.29, 0.717) is 22.8 Å². The van der Waals surface area contributed by atoms with Crippen LogP contribution < -0.4 is 5.32 Å². The van der Waals surface area contributed by atoms with Crippen molar-refractivity contribution in [2.24, 2.45) is 0 Å². The molecule has 24 heavy (non-hydrogen) atoms. The van der Waals surface area contributed by atoms with E-state index < -0.39 is 4.92 Å². The van der Waals surface area contributed by atoms with Crippen molar-refractivity contribution in [3.8, 4) is 0 Å². The average molecular weight is 348 g/mol. The van der Waals surface area contributed by atoms with E-state index in [2.05, 4.69) is 5.32 Å². The Hall–Kier alpha value is -2.44. The van der Waals surface area contributed by atoms with Gasteiger partial charge in [-0.25, -0.2) is 0 Å². The van der Waals surface area contributed by atoms with Crippen LogP contribution in [0.15, 0.2) is 42.5 Å². The first-order valence-electron chi connectivity index (χ1n) is 7.33. The number of carbonyl (C=O) groups excluding carboxylic acids is 1. The third-order valence-electron chi connectivity index (χ3n) is 3.51. The van der Waals surface area contributed by atoms with E-state index in [1.165, 1.54) is 12.1 Å². The molecule has 0 heterocycles. The van der Waals surface area contributed by atoms with Gasteiger partial charge in [0.05, 0.1) is 11.5 Å². The predicted molar refractivity (Wildman–Crippen MR) is 94.2 cm³/mol. The number of amides is 1. The van der Waals surface area contributed by atoms with Crippen LogP contribution in [0.2, 0.25) is 5.02 Å². The van der Waals surface area contributed by atoms with Gasteiger partial charge in [-0.3, -0.25) is 19.8 Å². The zero-order valence-electron chi connectivity index (χ0n) is 13.5. The van der Waals surface area contributed by atoms with Crippen molar-refractivity contribution >= 4 is 28.9 Å². The quantitative estimate of drug-likeness (QED) is 0.639. The highest BCUT2D eigenvalue weighted by molar-refractivity contribution is 6.31. The van der Waals surface area contributed by atoms with Gasteiger partial charge in [-0.15, -0.1) is 0 Å². The van der Waals surface area contributed by atoms with E-state index in [4.69, 9.17) is 11.6 Å². The van der Waals surface area contributed by atoms with E-state index in [0.717, 1.165) is 5.56 Å². The number of nitro benzene ring substituents is 1. The number of nitrogens with zero attached hydrogens (tertiary/aromatic N) is 2. The van der Waals surface area contributed by atoms with Gasteiger partial charge in [0.2, 0.25) is 5.91 Å². The van der Waals surface area contributed by atoms with Gasteiger partial charge in [0.25, 0.3) is 5.69 Å². The highest BCUT2D eigenvalue weighted by atomic mass is 35.5. The van der Waals surface area contributed by atoms with Crippen molar-refractivity contribution in [1.29, 1.82) is 0 Å². The monoisotopic (exact) mass is 347 g/mol. The molecule has 0 bridgehead atoms. The van der Waals surface area contributed by atoms with Crippen molar-refractivity contribution < 1.29 is 9.72 Å². The Balaban J connectivity index is 1.95. The Morgan fingerprint density at radius 2 is 2.00 bits per heavy atom. The van der Waals surface area contributed by atoms with Gasteiger partial charge < -0.3 is 5.32 Å². The zero-order valence-corrected chi connectivity index (χ0v) is 14.2. The SMILES string of the molecule is Cc1cc([N+](=O)[O-])ccc1NC(=O)CN(C)Cc1ccccc1Cl. The summed E-state index contributed by atoms with van der Waals surface area (Å²) >= 11 is 6.11. The zero-order chi connectivity index (χ0) is 17.7. The molecule has 0 fully saturated rings. The second kappa shape index (κ2) is 7.90. The second-order valence-corrected chi connectivity index (χ2v) is 5.98. The number of anilines is 1. The van der Waals surface area contributed by atoms with Crippen LogP contribution in [0, 0.1) is 17.0 Å². The molecule has 0 aliphatic rings. The first-order valence-corrected chi connectivity index (χ1v) is 7.71. The predicted octanol–water partition coefficient (Wildman–Crippen LogP) is 3.63. The third kappa shape index (κ3) is 4.78. The maximum atomic E-state index is 12.1. The molecule has 2 aromatic rings. The minimum Gasteiger partial charge on any atom is -0.325 e. The maximum absolute atomic E-state index is 12.1. The summed E-state index contributed by atoms with van der Waals surface area (Å²) in [4.78, 5) is 24.3. The molecule has 1 N–H and O–H groups in total. The van der Waals surface area contributed by atoms with Crippen LogP contribution in [0.3, 0.4) is 0 Å². The minimum atomic E-state index is -0.462. The van der Waals surface area contributed by atoms with Crippen molar-refractivity contribution in [1.82, 2.24) is 4.90 Å². The van der Waals surface area contributed by atoms with E-state index in [-0.39, 0.29) is 18.1 Å². The lowest BCUT2D eigenvalue weighted by molar-refractivity contribution is -0.384. The van der Waals surface area contributed by atoms with E-state index >= 15 is 0 Å². The number of hydrogen-bond donors (Lipinski definition) is 1. The second-order valence-electron chi connectivity index (χ2n) is 5.57. The van der Waals surface area contributed by atoms with E-state index in [1.807, 2.05) is 36.2 Å². The summed E-state index contributed by atoms with van der Waals surface area (Å²) in [6, 6.07) is 11.8. The Labute approximate surface area is 145 Å². The normalized spacial score (nSPS) is 10.7. The molecule has 2 aromatic carbocycles. The van der Waals surface area contributed by atoms with Crippen LogP contribution >= 0.6 is 11.6 Å². The lowest BCUT2D eigenvalue weighted by Crippen LogP contribution is -2.30. The van der Waals surface area contributed by atoms with Crippen LogP contribution in [-0.4, -0.2) is 29.3 Å². The summed E-state index contributed by atoms with van der Waals surface area (Å²) in [5.41, 5.74) is 2.16. The van der Waals surface area contributed by atoms with Gasteiger partial charge in [-0.2, -0.15) is 0 Å². The molecule has 0 aliphatic heterocycles. The van der Waals surface area contributed by atoms with Gasteiger partial charge in [0.15, 0.2) is 0 Å². The Morgan fingerprint density at radius 3 is 2.62 bits per heavy atom. The van der Waals surface area contributed by atoms with Gasteiger partial charge in [-0.05, 0) is 37.2 Å². The van der Waals surface area contributed by atoms with Crippen LogP contribution in [0.4, 0.5) is 11.4 Å². The van der Waals surface area contributed by atoms with Crippen LogP contribution in [0.25, 0.3) is 0 Å². The summed E-state index contributed by atoms with van der Waals surface area (Å²) in [7, 11) is 1.83. The summed E-state index contributed by atoms with van der Waals surface area (Å²) in [5, 5.41) is 14.2. The van der Waals surface area contributed by atoms with Crippen molar-refractivity contribution in [2.45, 2.75) is 13.5 Å². The van der Waals surface area contributed by atoms with E-state index in [9.17, 15) is 14.9 Å². The van der Waals surface area contributed by atoms with E-state index in [1.54, 1.807) is 13.0 Å². The lowest BCUT2D eigenvalue weighted by Gasteiger charge is -2.17. The number of nitro groups is 1. The molecule has 7 heteroatoms. The largest absolute Gasteiger partial charge is 0.325 e. The molecule has 0 aliphatic carbocycles. The molecule has 6 nitrogen and oxygen atoms in total. The van der Waals surface area contributed by atoms with Gasteiger partial charge in [0.1, 0.15) is 0 Å². The fourth-order valence-corrected chi connectivity index (χ4v) is 2.51. The number of benzene rings is 2. The molecule has 0 radical (unpaired) electrons. The average Bonchev–Trinajstić information content (AvgIpc) is 2.51. The Morgan fingerprint density at radius 1 is 1.29 bits per heavy atom. The summed E-state index contributed by atoms with van der Waals surface area (Å²) in [6.45, 7) is 2.45. The van der Waals surface area contributed by atoms with Crippen molar-refractivity contribution in [3.63, 3.8) is 0 Å². The Bertz CT molecular complexity index is 764. The number of carbonyl (C=O) groups is 1. The van der Waals surface area contributed by atoms with Gasteiger partial charge in [-0.1, -0.05) is 29.8 Å². The maximum Gasteiger partial charge on any atom is 0.269 e. The lowest BCUT2D eigenvalue weighted by atomic mass is 10.2. The molecule has 2 rings (SSSR count). The number of likely N-dealkylation sites (N-methyl/N-ethyl adjacent to an activating group) is 1. The molecule has 0 saturated heterocycles.